The van der Waals surface area contributed by atoms with Crippen LogP contribution in [-0.2, 0) is 0 Å². The third-order valence-corrected chi connectivity index (χ3v) is 0.577. The molecule has 0 amide bonds. The van der Waals surface area contributed by atoms with Gasteiger partial charge in [0.25, 0.3) is 0 Å². The van der Waals surface area contributed by atoms with Crippen molar-refractivity contribution in [1.29, 1.82) is 0 Å². The van der Waals surface area contributed by atoms with E-state index in [1.54, 1.807) is 0 Å². The summed E-state index contributed by atoms with van der Waals surface area (Å²) in [6.07, 6.45) is 1.06. The van der Waals surface area contributed by atoms with E-state index in [9.17, 15) is 0 Å². The molecule has 0 saturated carbocycles. The van der Waals surface area contributed by atoms with E-state index in [-0.39, 0.29) is 0 Å². The van der Waals surface area contributed by atoms with E-state index in [4.69, 9.17) is 0 Å². The standard InChI is InChI=1S/C5H11.BrH.Li/c1-4-5(2)3;;/h5H,1,4H2,2-3H3;1H;/q;;+1/p-1. The van der Waals surface area contributed by atoms with Crippen LogP contribution in [0.2, 0.25) is 0 Å². The van der Waals surface area contributed by atoms with Gasteiger partial charge in [-0.05, 0) is 5.92 Å². The first-order valence-electron chi connectivity index (χ1n) is 2.44. The number of hydrogen-bond donors (Lipinski definition) is 0. The van der Waals surface area contributed by atoms with E-state index < -0.39 is 0 Å². The van der Waals surface area contributed by atoms with Crippen LogP contribution in [-0.4, -0.2) is 15.8 Å². The molecule has 2 heteroatoms. The van der Waals surface area contributed by atoms with Crippen LogP contribution in [0.1, 0.15) is 20.3 Å². The molecule has 0 atom stereocenters. The second kappa shape index (κ2) is 10.1. The Bertz CT molecular complexity index is 22.0. The summed E-state index contributed by atoms with van der Waals surface area (Å²) in [4.78, 5) is 0. The van der Waals surface area contributed by atoms with Crippen molar-refractivity contribution in [2.45, 2.75) is 20.3 Å². The molecule has 0 unspecified atom stereocenters. The number of hydrogen-bond acceptors (Lipinski definition) is 0. The van der Waals surface area contributed by atoms with Crippen molar-refractivity contribution in [1.82, 2.24) is 0 Å². The predicted octanol–water partition coefficient (Wildman–Crippen LogP) is 2.33. The maximum atomic E-state index is 3.69. The average Bonchev–Trinajstić information content (AvgIpc) is 1.73. The molecule has 0 aromatic rings. The minimum atomic E-state index is 0.773. The van der Waals surface area contributed by atoms with Gasteiger partial charge < -0.3 is 0 Å². The summed E-state index contributed by atoms with van der Waals surface area (Å²) in [5.41, 5.74) is 0. The first kappa shape index (κ1) is 11.0. The van der Waals surface area contributed by atoms with Gasteiger partial charge in [-0.3, -0.25) is 0 Å². The van der Waals surface area contributed by atoms with E-state index in [0.29, 0.717) is 0 Å². The van der Waals surface area contributed by atoms with E-state index in [0.717, 1.165) is 12.3 Å². The summed E-state index contributed by atoms with van der Waals surface area (Å²) in [5, 5.41) is 0. The molecule has 0 rings (SSSR count). The molecule has 0 nitrogen and oxygen atoms in total. The zero-order valence-electron chi connectivity index (χ0n) is 5.37. The van der Waals surface area contributed by atoms with Gasteiger partial charge in [0, 0.05) is 0 Å². The molecule has 0 aliphatic heterocycles. The predicted molar refractivity (Wildman–Crippen MR) is 39.5 cm³/mol. The Morgan fingerprint density at radius 3 is 1.71 bits per heavy atom. The fourth-order valence-electron chi connectivity index (χ4n) is 0. The maximum absolute atomic E-state index is 3.69. The molecule has 39 valence electrons. The van der Waals surface area contributed by atoms with Crippen LogP contribution in [0.3, 0.4) is 0 Å². The van der Waals surface area contributed by atoms with Gasteiger partial charge in [-0.1, -0.05) is 27.2 Å². The van der Waals surface area contributed by atoms with Crippen LogP contribution < -0.4 is 0 Å². The van der Waals surface area contributed by atoms with E-state index in [2.05, 4.69) is 34.5 Å². The van der Waals surface area contributed by atoms with Crippen molar-refractivity contribution < 1.29 is 0 Å². The fourth-order valence-corrected chi connectivity index (χ4v) is 0. The summed E-state index contributed by atoms with van der Waals surface area (Å²) in [6, 6.07) is 0. The molecule has 0 fully saturated rings. The molecule has 0 aromatic heterocycles. The van der Waals surface area contributed by atoms with Crippen molar-refractivity contribution in [2.75, 3.05) is 0 Å². The van der Waals surface area contributed by atoms with Gasteiger partial charge in [0.15, 0.2) is 0 Å². The summed E-state index contributed by atoms with van der Waals surface area (Å²) >= 11 is 4.75. The number of halogens is 1. The van der Waals surface area contributed by atoms with Gasteiger partial charge in [-0.2, -0.15) is 0 Å². The molecule has 0 spiro atoms. The summed E-state index contributed by atoms with van der Waals surface area (Å²) in [7, 11) is 0. The first-order chi connectivity index (χ1) is 3.27. The summed E-state index contributed by atoms with van der Waals surface area (Å²) in [6.45, 7) is 8.00. The van der Waals surface area contributed by atoms with Crippen molar-refractivity contribution >= 4 is 29.5 Å². The van der Waals surface area contributed by atoms with Crippen LogP contribution in [0.5, 0.6) is 0 Å². The third-order valence-electron chi connectivity index (χ3n) is 0.577. The van der Waals surface area contributed by atoms with Crippen molar-refractivity contribution in [3.8, 4) is 0 Å². The zero-order valence-corrected chi connectivity index (χ0v) is 6.96. The minimum absolute atomic E-state index is 0.773. The van der Waals surface area contributed by atoms with E-state index in [1.165, 1.54) is 0 Å². The van der Waals surface area contributed by atoms with Crippen LogP contribution in [0.25, 0.3) is 0 Å². The Hall–Kier alpha value is 1.08. The Balaban J connectivity index is 0. The van der Waals surface area contributed by atoms with Gasteiger partial charge in [0.1, 0.15) is 0 Å². The SMILES string of the molecule is [CH2]CC(C)C.[Li][Br]. The molecule has 0 aromatic carbocycles. The molecule has 0 heterocycles. The van der Waals surface area contributed by atoms with Crippen molar-refractivity contribution in [2.24, 2.45) is 5.92 Å². The van der Waals surface area contributed by atoms with Gasteiger partial charge >= 0.3 is 29.5 Å². The van der Waals surface area contributed by atoms with Gasteiger partial charge in [-0.15, -0.1) is 0 Å². The molecular weight excluding hydrogens is 147 g/mol. The normalized spacial score (nSPS) is 7.86. The zero-order chi connectivity index (χ0) is 6.28. The summed E-state index contributed by atoms with van der Waals surface area (Å²) < 4.78 is 0. The second-order valence-corrected chi connectivity index (χ2v) is 1.68. The molecular formula is C5H11BrLi. The molecule has 0 saturated heterocycles. The molecule has 0 aliphatic rings. The van der Waals surface area contributed by atoms with Crippen LogP contribution in [0.4, 0.5) is 0 Å². The molecule has 0 aliphatic carbocycles. The van der Waals surface area contributed by atoms with Gasteiger partial charge in [-0.25, -0.2) is 0 Å². The Morgan fingerprint density at radius 1 is 1.57 bits per heavy atom. The van der Waals surface area contributed by atoms with Crippen LogP contribution in [0.15, 0.2) is 0 Å². The van der Waals surface area contributed by atoms with Crippen LogP contribution >= 0.6 is 13.7 Å². The molecule has 0 bridgehead atoms. The Labute approximate surface area is 62.7 Å². The van der Waals surface area contributed by atoms with Crippen molar-refractivity contribution in [3.63, 3.8) is 0 Å². The monoisotopic (exact) mass is 157 g/mol. The molecule has 1 radical (unpaired) electrons. The Morgan fingerprint density at radius 2 is 1.71 bits per heavy atom. The number of rotatable bonds is 1. The van der Waals surface area contributed by atoms with Crippen LogP contribution in [0, 0.1) is 12.8 Å². The summed E-state index contributed by atoms with van der Waals surface area (Å²) in [5.74, 6) is 0.773. The van der Waals surface area contributed by atoms with Gasteiger partial charge in [0.2, 0.25) is 0 Å². The van der Waals surface area contributed by atoms with Gasteiger partial charge in [0.05, 0.1) is 0 Å². The third kappa shape index (κ3) is 19.3. The first-order valence-corrected chi connectivity index (χ1v) is 4.03. The van der Waals surface area contributed by atoms with Crippen molar-refractivity contribution in [3.05, 3.63) is 6.92 Å². The Kier molecular flexibility index (Phi) is 15.9. The topological polar surface area (TPSA) is 0 Å². The van der Waals surface area contributed by atoms with E-state index >= 15 is 0 Å². The quantitative estimate of drug-likeness (QED) is 0.513. The molecule has 0 N–H and O–H groups in total. The van der Waals surface area contributed by atoms with E-state index in [1.807, 2.05) is 15.8 Å². The second-order valence-electron chi connectivity index (χ2n) is 1.68. The molecule has 7 heavy (non-hydrogen) atoms. The average molecular weight is 158 g/mol. The fraction of sp³-hybridized carbons (Fsp3) is 0.800.